The fraction of sp³-hybridized carbons (Fsp3) is 0.600. The van der Waals surface area contributed by atoms with E-state index in [1.807, 2.05) is 6.92 Å². The predicted octanol–water partition coefficient (Wildman–Crippen LogP) is 0.884. The standard InChI is InChI=1S/C10H14N2O3S/c1-7-5-11-10(12-6-7)9-8(16(13)14)3-2-4-15-9/h5-6,8-9H,2-4H2,1H3,(H,13,14)/p-1/t8-,9-/m0/s1. The molecule has 2 rings (SSSR count). The van der Waals surface area contributed by atoms with Crippen molar-refractivity contribution in [1.82, 2.24) is 9.97 Å². The number of nitrogens with zero attached hydrogens (tertiary/aromatic N) is 2. The number of rotatable bonds is 2. The summed E-state index contributed by atoms with van der Waals surface area (Å²) in [5, 5.41) is -0.531. The van der Waals surface area contributed by atoms with Gasteiger partial charge in [-0.05, 0) is 36.4 Å². The average Bonchev–Trinajstić information content (AvgIpc) is 2.30. The van der Waals surface area contributed by atoms with Gasteiger partial charge in [0.2, 0.25) is 0 Å². The van der Waals surface area contributed by atoms with E-state index in [1.165, 1.54) is 0 Å². The van der Waals surface area contributed by atoms with E-state index in [9.17, 15) is 8.76 Å². The molecule has 1 aromatic rings. The monoisotopic (exact) mass is 241 g/mol. The first kappa shape index (κ1) is 11.6. The molecule has 0 aromatic carbocycles. The van der Waals surface area contributed by atoms with Gasteiger partial charge in [-0.3, -0.25) is 4.21 Å². The zero-order chi connectivity index (χ0) is 11.5. The zero-order valence-corrected chi connectivity index (χ0v) is 9.77. The molecular weight excluding hydrogens is 228 g/mol. The molecule has 1 aliphatic heterocycles. The summed E-state index contributed by atoms with van der Waals surface area (Å²) in [6, 6.07) is 0. The van der Waals surface area contributed by atoms with Gasteiger partial charge < -0.3 is 9.29 Å². The molecule has 2 heterocycles. The van der Waals surface area contributed by atoms with Crippen molar-refractivity contribution in [2.45, 2.75) is 31.1 Å². The fourth-order valence-corrected chi connectivity index (χ4v) is 2.50. The van der Waals surface area contributed by atoms with Crippen LogP contribution in [-0.2, 0) is 15.8 Å². The lowest BCUT2D eigenvalue weighted by Gasteiger charge is -2.31. The van der Waals surface area contributed by atoms with Crippen molar-refractivity contribution in [2.24, 2.45) is 0 Å². The van der Waals surface area contributed by atoms with Crippen LogP contribution in [0.1, 0.15) is 30.3 Å². The topological polar surface area (TPSA) is 75.1 Å². The van der Waals surface area contributed by atoms with Crippen LogP contribution in [0.4, 0.5) is 0 Å². The second-order valence-corrected chi connectivity index (χ2v) is 4.98. The van der Waals surface area contributed by atoms with Crippen molar-refractivity contribution in [3.05, 3.63) is 23.8 Å². The van der Waals surface area contributed by atoms with Crippen molar-refractivity contribution in [1.29, 1.82) is 0 Å². The molecule has 0 spiro atoms. The third-order valence-corrected chi connectivity index (χ3v) is 3.55. The molecule has 1 aliphatic rings. The van der Waals surface area contributed by atoms with Gasteiger partial charge in [0.05, 0.1) is 5.25 Å². The molecule has 1 aromatic heterocycles. The molecule has 0 N–H and O–H groups in total. The highest BCUT2D eigenvalue weighted by atomic mass is 32.2. The second kappa shape index (κ2) is 4.99. The van der Waals surface area contributed by atoms with Crippen LogP contribution in [0.3, 0.4) is 0 Å². The summed E-state index contributed by atoms with van der Waals surface area (Å²) >= 11 is -2.14. The smallest absolute Gasteiger partial charge is 0.158 e. The molecule has 0 saturated carbocycles. The predicted molar refractivity (Wildman–Crippen MR) is 57.4 cm³/mol. The molecule has 16 heavy (non-hydrogen) atoms. The summed E-state index contributed by atoms with van der Waals surface area (Å²) in [5.74, 6) is 0.458. The number of ether oxygens (including phenoxy) is 1. The van der Waals surface area contributed by atoms with E-state index >= 15 is 0 Å². The summed E-state index contributed by atoms with van der Waals surface area (Å²) in [6.07, 6.45) is 4.20. The first-order valence-electron chi connectivity index (χ1n) is 5.16. The van der Waals surface area contributed by atoms with E-state index in [2.05, 4.69) is 9.97 Å². The van der Waals surface area contributed by atoms with Crippen molar-refractivity contribution >= 4 is 11.1 Å². The van der Waals surface area contributed by atoms with E-state index in [1.54, 1.807) is 12.4 Å². The number of hydrogen-bond donors (Lipinski definition) is 0. The Kier molecular flexibility index (Phi) is 3.63. The highest BCUT2D eigenvalue weighted by molar-refractivity contribution is 7.79. The van der Waals surface area contributed by atoms with E-state index in [4.69, 9.17) is 4.74 Å². The molecule has 5 nitrogen and oxygen atoms in total. The minimum atomic E-state index is -2.14. The molecule has 0 bridgehead atoms. The second-order valence-electron chi connectivity index (χ2n) is 3.85. The molecule has 1 fully saturated rings. The van der Waals surface area contributed by atoms with Crippen LogP contribution in [0.5, 0.6) is 0 Å². The van der Waals surface area contributed by atoms with Crippen LogP contribution >= 0.6 is 0 Å². The van der Waals surface area contributed by atoms with Gasteiger partial charge in [-0.15, -0.1) is 0 Å². The minimum absolute atomic E-state index is 0.458. The van der Waals surface area contributed by atoms with Crippen molar-refractivity contribution in [3.63, 3.8) is 0 Å². The van der Waals surface area contributed by atoms with E-state index < -0.39 is 22.4 Å². The van der Waals surface area contributed by atoms with E-state index in [-0.39, 0.29) is 0 Å². The van der Waals surface area contributed by atoms with Gasteiger partial charge >= 0.3 is 0 Å². The molecule has 0 amide bonds. The van der Waals surface area contributed by atoms with Crippen LogP contribution in [0.2, 0.25) is 0 Å². The summed E-state index contributed by atoms with van der Waals surface area (Å²) in [6.45, 7) is 2.45. The van der Waals surface area contributed by atoms with E-state index in [0.717, 1.165) is 12.0 Å². The molecule has 3 atom stereocenters. The first-order chi connectivity index (χ1) is 7.68. The van der Waals surface area contributed by atoms with Gasteiger partial charge in [0.25, 0.3) is 0 Å². The molecule has 0 radical (unpaired) electrons. The van der Waals surface area contributed by atoms with Crippen molar-refractivity contribution in [2.75, 3.05) is 6.61 Å². The van der Waals surface area contributed by atoms with Gasteiger partial charge in [-0.25, -0.2) is 9.97 Å². The zero-order valence-electron chi connectivity index (χ0n) is 8.96. The summed E-state index contributed by atoms with van der Waals surface area (Å²) < 4.78 is 27.6. The van der Waals surface area contributed by atoms with Gasteiger partial charge in [-0.1, -0.05) is 0 Å². The van der Waals surface area contributed by atoms with Crippen LogP contribution in [0.25, 0.3) is 0 Å². The lowest BCUT2D eigenvalue weighted by atomic mass is 10.1. The average molecular weight is 241 g/mol. The van der Waals surface area contributed by atoms with Gasteiger partial charge in [-0.2, -0.15) is 0 Å². The van der Waals surface area contributed by atoms with E-state index in [0.29, 0.717) is 18.9 Å². The molecule has 1 saturated heterocycles. The summed E-state index contributed by atoms with van der Waals surface area (Å²) in [4.78, 5) is 8.25. The Morgan fingerprint density at radius 2 is 2.19 bits per heavy atom. The third kappa shape index (κ3) is 2.45. The first-order valence-corrected chi connectivity index (χ1v) is 6.30. The Bertz CT molecular complexity index is 382. The third-order valence-electron chi connectivity index (χ3n) is 2.57. The summed E-state index contributed by atoms with van der Waals surface area (Å²) in [5.41, 5.74) is 0.944. The number of hydrogen-bond acceptors (Lipinski definition) is 5. The number of aryl methyl sites for hydroxylation is 1. The fourth-order valence-electron chi connectivity index (χ4n) is 1.74. The lowest BCUT2D eigenvalue weighted by molar-refractivity contribution is 0.0121. The highest BCUT2D eigenvalue weighted by Crippen LogP contribution is 2.29. The van der Waals surface area contributed by atoms with Gasteiger partial charge in [0, 0.05) is 19.0 Å². The Balaban J connectivity index is 2.23. The van der Waals surface area contributed by atoms with Crippen LogP contribution < -0.4 is 0 Å². The Morgan fingerprint density at radius 1 is 1.50 bits per heavy atom. The minimum Gasteiger partial charge on any atom is -0.772 e. The Labute approximate surface area is 96.5 Å². The Hall–Kier alpha value is -0.850. The van der Waals surface area contributed by atoms with Crippen LogP contribution in [0, 0.1) is 6.92 Å². The van der Waals surface area contributed by atoms with Crippen molar-refractivity contribution < 1.29 is 13.5 Å². The maximum atomic E-state index is 11.1. The Morgan fingerprint density at radius 3 is 2.81 bits per heavy atom. The molecule has 0 aliphatic carbocycles. The normalized spacial score (nSPS) is 27.6. The molecule has 88 valence electrons. The maximum absolute atomic E-state index is 11.1. The van der Waals surface area contributed by atoms with Gasteiger partial charge in [0.1, 0.15) is 6.10 Å². The number of aromatic nitrogens is 2. The van der Waals surface area contributed by atoms with Crippen LogP contribution in [0.15, 0.2) is 12.4 Å². The quantitative estimate of drug-likeness (QED) is 0.719. The molecular formula is C10H13N2O3S-. The maximum Gasteiger partial charge on any atom is 0.158 e. The summed E-state index contributed by atoms with van der Waals surface area (Å²) in [7, 11) is 0. The highest BCUT2D eigenvalue weighted by Gasteiger charge is 2.30. The molecule has 1 unspecified atom stereocenters. The van der Waals surface area contributed by atoms with Crippen molar-refractivity contribution in [3.8, 4) is 0 Å². The molecule has 6 heteroatoms. The van der Waals surface area contributed by atoms with Crippen LogP contribution in [-0.4, -0.2) is 30.6 Å². The van der Waals surface area contributed by atoms with Gasteiger partial charge in [0.15, 0.2) is 5.82 Å². The largest absolute Gasteiger partial charge is 0.772 e. The lowest BCUT2D eigenvalue weighted by Crippen LogP contribution is -2.32. The SMILES string of the molecule is Cc1cnc([C@H]2OCCC[C@@H]2S(=O)[O-])nc1.